The van der Waals surface area contributed by atoms with Crippen molar-refractivity contribution < 1.29 is 14.3 Å². The summed E-state index contributed by atoms with van der Waals surface area (Å²) in [7, 11) is 1.34. The zero-order chi connectivity index (χ0) is 21.0. The van der Waals surface area contributed by atoms with Gasteiger partial charge >= 0.3 is 5.97 Å². The molecule has 0 fully saturated rings. The number of nitrogens with one attached hydrogen (secondary N) is 1. The second-order valence-corrected chi connectivity index (χ2v) is 8.31. The van der Waals surface area contributed by atoms with E-state index in [1.54, 1.807) is 6.07 Å². The highest BCUT2D eigenvalue weighted by Gasteiger charge is 2.24. The molecule has 0 unspecified atom stereocenters. The number of carbonyl (C=O) groups is 2. The van der Waals surface area contributed by atoms with E-state index in [2.05, 4.69) is 21.2 Å². The zero-order valence-corrected chi connectivity index (χ0v) is 18.3. The standard InChI is InChI=1S/C24H24BrNO3/c1-15(2)13-22(24(28)29-3)26-23(27)20-12-11-17(25)14-21(20)19-10-6-8-16-7-4-5-9-18(16)19/h4-12,14-15,22H,13H2,1-3H3,(H,26,27)/t22-/m0/s1. The molecule has 0 heterocycles. The monoisotopic (exact) mass is 453 g/mol. The van der Waals surface area contributed by atoms with Crippen molar-refractivity contribution in [1.29, 1.82) is 0 Å². The third-order valence-corrected chi connectivity index (χ3v) is 5.30. The van der Waals surface area contributed by atoms with Crippen molar-refractivity contribution in [2.24, 2.45) is 5.92 Å². The minimum absolute atomic E-state index is 0.238. The van der Waals surface area contributed by atoms with E-state index in [1.807, 2.05) is 68.4 Å². The van der Waals surface area contributed by atoms with E-state index in [9.17, 15) is 9.59 Å². The van der Waals surface area contributed by atoms with Gasteiger partial charge in [-0.3, -0.25) is 4.79 Å². The van der Waals surface area contributed by atoms with Crippen molar-refractivity contribution in [3.8, 4) is 11.1 Å². The van der Waals surface area contributed by atoms with Gasteiger partial charge in [-0.05, 0) is 52.4 Å². The molecule has 150 valence electrons. The number of fused-ring (bicyclic) bond motifs is 1. The maximum Gasteiger partial charge on any atom is 0.328 e. The fourth-order valence-corrected chi connectivity index (χ4v) is 3.82. The minimum atomic E-state index is -0.684. The summed E-state index contributed by atoms with van der Waals surface area (Å²) in [4.78, 5) is 25.3. The van der Waals surface area contributed by atoms with Crippen molar-refractivity contribution in [1.82, 2.24) is 5.32 Å². The Hall–Kier alpha value is -2.66. The van der Waals surface area contributed by atoms with E-state index in [4.69, 9.17) is 4.74 Å². The van der Waals surface area contributed by atoms with Gasteiger partial charge in [-0.15, -0.1) is 0 Å². The molecule has 0 aliphatic heterocycles. The summed E-state index contributed by atoms with van der Waals surface area (Å²) in [6.45, 7) is 4.01. The predicted octanol–water partition coefficient (Wildman–Crippen LogP) is 5.59. The van der Waals surface area contributed by atoms with E-state index in [0.717, 1.165) is 26.4 Å². The summed E-state index contributed by atoms with van der Waals surface area (Å²) in [5.74, 6) is -0.491. The van der Waals surface area contributed by atoms with Crippen LogP contribution in [0.5, 0.6) is 0 Å². The Kier molecular flexibility index (Phi) is 6.70. The minimum Gasteiger partial charge on any atom is -0.467 e. The average Bonchev–Trinajstić information content (AvgIpc) is 2.71. The first kappa shape index (κ1) is 21.1. The Balaban J connectivity index is 2.05. The lowest BCUT2D eigenvalue weighted by molar-refractivity contribution is -0.143. The maximum atomic E-state index is 13.2. The summed E-state index contributed by atoms with van der Waals surface area (Å²) in [6.07, 6.45) is 0.512. The quantitative estimate of drug-likeness (QED) is 0.495. The second kappa shape index (κ2) is 9.23. The smallest absolute Gasteiger partial charge is 0.328 e. The van der Waals surface area contributed by atoms with Gasteiger partial charge in [0.1, 0.15) is 6.04 Å². The third-order valence-electron chi connectivity index (χ3n) is 4.80. The SMILES string of the molecule is COC(=O)[C@H](CC(C)C)NC(=O)c1ccc(Br)cc1-c1cccc2ccccc12. The van der Waals surface area contributed by atoms with E-state index in [1.165, 1.54) is 7.11 Å². The van der Waals surface area contributed by atoms with Crippen LogP contribution in [-0.2, 0) is 9.53 Å². The van der Waals surface area contributed by atoms with E-state index < -0.39 is 12.0 Å². The van der Waals surface area contributed by atoms with Gasteiger partial charge in [0.2, 0.25) is 0 Å². The molecule has 1 amide bonds. The van der Waals surface area contributed by atoms with Crippen molar-refractivity contribution >= 4 is 38.6 Å². The summed E-state index contributed by atoms with van der Waals surface area (Å²) in [5.41, 5.74) is 2.29. The summed E-state index contributed by atoms with van der Waals surface area (Å²) in [6, 6.07) is 19.0. The Labute approximate surface area is 179 Å². The Bertz CT molecular complexity index is 1040. The molecular formula is C24H24BrNO3. The Morgan fingerprint density at radius 2 is 1.72 bits per heavy atom. The molecule has 29 heavy (non-hydrogen) atoms. The fourth-order valence-electron chi connectivity index (χ4n) is 3.46. The van der Waals surface area contributed by atoms with Gasteiger partial charge in [0.25, 0.3) is 5.91 Å². The topological polar surface area (TPSA) is 55.4 Å². The number of halogens is 1. The first-order chi connectivity index (χ1) is 13.9. The average molecular weight is 454 g/mol. The molecule has 0 aromatic heterocycles. The molecule has 0 aliphatic rings. The lowest BCUT2D eigenvalue weighted by Gasteiger charge is -2.20. The van der Waals surface area contributed by atoms with Gasteiger partial charge in [0, 0.05) is 10.0 Å². The molecule has 5 heteroatoms. The van der Waals surface area contributed by atoms with Gasteiger partial charge in [0.05, 0.1) is 7.11 Å². The maximum absolute atomic E-state index is 13.2. The number of hydrogen-bond acceptors (Lipinski definition) is 3. The number of rotatable bonds is 6. The molecule has 3 aromatic carbocycles. The van der Waals surface area contributed by atoms with Gasteiger partial charge in [-0.1, -0.05) is 72.2 Å². The lowest BCUT2D eigenvalue weighted by Crippen LogP contribution is -2.42. The number of amides is 1. The first-order valence-corrected chi connectivity index (χ1v) is 10.4. The molecule has 0 radical (unpaired) electrons. The number of methoxy groups -OCH3 is 1. The molecule has 3 rings (SSSR count). The van der Waals surface area contributed by atoms with E-state index >= 15 is 0 Å². The number of ether oxygens (including phenoxy) is 1. The first-order valence-electron chi connectivity index (χ1n) is 9.57. The highest BCUT2D eigenvalue weighted by Crippen LogP contribution is 2.33. The van der Waals surface area contributed by atoms with Crippen LogP contribution in [0.2, 0.25) is 0 Å². The number of benzene rings is 3. The van der Waals surface area contributed by atoms with Crippen molar-refractivity contribution in [2.45, 2.75) is 26.3 Å². The number of esters is 1. The van der Waals surface area contributed by atoms with Crippen molar-refractivity contribution in [2.75, 3.05) is 7.11 Å². The summed E-state index contributed by atoms with van der Waals surface area (Å²) < 4.78 is 5.76. The molecule has 4 nitrogen and oxygen atoms in total. The third kappa shape index (κ3) is 4.85. The molecule has 1 N–H and O–H groups in total. The molecule has 3 aromatic rings. The Morgan fingerprint density at radius 1 is 1.00 bits per heavy atom. The van der Waals surface area contributed by atoms with Gasteiger partial charge in [-0.2, -0.15) is 0 Å². The van der Waals surface area contributed by atoms with Crippen LogP contribution in [0.25, 0.3) is 21.9 Å². The van der Waals surface area contributed by atoms with Crippen LogP contribution in [-0.4, -0.2) is 25.0 Å². The van der Waals surface area contributed by atoms with Crippen molar-refractivity contribution in [3.63, 3.8) is 0 Å². The molecule has 0 aliphatic carbocycles. The number of hydrogen-bond donors (Lipinski definition) is 1. The molecular weight excluding hydrogens is 430 g/mol. The van der Waals surface area contributed by atoms with Crippen LogP contribution in [0.1, 0.15) is 30.6 Å². The predicted molar refractivity (Wildman–Crippen MR) is 120 cm³/mol. The zero-order valence-electron chi connectivity index (χ0n) is 16.7. The van der Waals surface area contributed by atoms with Crippen LogP contribution < -0.4 is 5.32 Å². The van der Waals surface area contributed by atoms with E-state index in [-0.39, 0.29) is 11.8 Å². The molecule has 0 saturated heterocycles. The molecule has 0 saturated carbocycles. The van der Waals surface area contributed by atoms with Crippen LogP contribution in [0.3, 0.4) is 0 Å². The van der Waals surface area contributed by atoms with Gasteiger partial charge < -0.3 is 10.1 Å². The van der Waals surface area contributed by atoms with Crippen LogP contribution >= 0.6 is 15.9 Å². The van der Waals surface area contributed by atoms with Gasteiger partial charge in [-0.25, -0.2) is 4.79 Å². The van der Waals surface area contributed by atoms with Gasteiger partial charge in [0.15, 0.2) is 0 Å². The van der Waals surface area contributed by atoms with E-state index in [0.29, 0.717) is 12.0 Å². The molecule has 1 atom stereocenters. The highest BCUT2D eigenvalue weighted by molar-refractivity contribution is 9.10. The van der Waals surface area contributed by atoms with Crippen LogP contribution in [0.15, 0.2) is 65.1 Å². The number of carbonyl (C=O) groups excluding carboxylic acids is 2. The van der Waals surface area contributed by atoms with Crippen LogP contribution in [0.4, 0.5) is 0 Å². The summed E-state index contributed by atoms with van der Waals surface area (Å²) >= 11 is 3.52. The fraction of sp³-hybridized carbons (Fsp3) is 0.250. The summed E-state index contributed by atoms with van der Waals surface area (Å²) in [5, 5.41) is 5.03. The lowest BCUT2D eigenvalue weighted by atomic mass is 9.94. The highest BCUT2D eigenvalue weighted by atomic mass is 79.9. The van der Waals surface area contributed by atoms with Crippen molar-refractivity contribution in [3.05, 3.63) is 70.7 Å². The van der Waals surface area contributed by atoms with Crippen LogP contribution in [0, 0.1) is 5.92 Å². The molecule has 0 bridgehead atoms. The Morgan fingerprint density at radius 3 is 2.45 bits per heavy atom. The normalized spacial score (nSPS) is 12.0. The second-order valence-electron chi connectivity index (χ2n) is 7.40. The molecule has 0 spiro atoms. The largest absolute Gasteiger partial charge is 0.467 e.